The van der Waals surface area contributed by atoms with Crippen LogP contribution in [0.4, 0.5) is 5.82 Å². The largest absolute Gasteiger partial charge is 0.570 e. The van der Waals surface area contributed by atoms with E-state index in [0.29, 0.717) is 12.0 Å². The van der Waals surface area contributed by atoms with Gasteiger partial charge in [0.1, 0.15) is 24.6 Å². The molecule has 0 spiro atoms. The number of hydrogen-bond donors (Lipinski definition) is 4. The number of ether oxygens (including phenoxy) is 1. The number of aliphatic hydroxyl groups excluding tert-OH is 1. The Kier molecular flexibility index (Phi) is 5.40. The molecular weight excluding hydrogens is 353 g/mol. The molecule has 0 aliphatic carbocycles. The summed E-state index contributed by atoms with van der Waals surface area (Å²) in [6.07, 6.45) is 1.09. The third kappa shape index (κ3) is 3.85. The quantitative estimate of drug-likeness (QED) is 0.408. The van der Waals surface area contributed by atoms with E-state index in [1.54, 1.807) is 0 Å². The van der Waals surface area contributed by atoms with Crippen molar-refractivity contribution in [3.8, 4) is 0 Å². The van der Waals surface area contributed by atoms with Crippen molar-refractivity contribution in [2.45, 2.75) is 57.1 Å². The zero-order chi connectivity index (χ0) is 18.2. The molecular formula is C14H23N3O7P+. The first-order chi connectivity index (χ1) is 11.8. The number of aryl methyl sites for hydroxylation is 1. The molecule has 0 amide bonds. The van der Waals surface area contributed by atoms with Crippen LogP contribution in [0.5, 0.6) is 0 Å². The van der Waals surface area contributed by atoms with Crippen molar-refractivity contribution in [1.29, 1.82) is 0 Å². The van der Waals surface area contributed by atoms with E-state index in [1.807, 2.05) is 0 Å². The normalized spacial score (nSPS) is 31.0. The van der Waals surface area contributed by atoms with Gasteiger partial charge in [-0.1, -0.05) is 19.8 Å². The summed E-state index contributed by atoms with van der Waals surface area (Å²) in [6, 6.07) is 0. The Bertz CT molecular complexity index is 683. The molecule has 2 aliphatic heterocycles. The van der Waals surface area contributed by atoms with E-state index < -0.39 is 38.4 Å². The number of nitrogens with zero attached hydrogens (tertiary/aromatic N) is 2. The van der Waals surface area contributed by atoms with Gasteiger partial charge in [0, 0.05) is 11.8 Å². The van der Waals surface area contributed by atoms with Crippen LogP contribution in [-0.2, 0) is 20.2 Å². The lowest BCUT2D eigenvalue weighted by atomic mass is 10.1. The van der Waals surface area contributed by atoms with Gasteiger partial charge in [0.05, 0.1) is 0 Å². The summed E-state index contributed by atoms with van der Waals surface area (Å²) in [5.74, 6) is 0.164. The maximum atomic E-state index is 12.2. The van der Waals surface area contributed by atoms with Gasteiger partial charge in [0.15, 0.2) is 12.3 Å². The molecule has 10 nitrogen and oxygen atoms in total. The van der Waals surface area contributed by atoms with Gasteiger partial charge in [0.2, 0.25) is 0 Å². The highest BCUT2D eigenvalue weighted by atomic mass is 31.2. The Labute approximate surface area is 144 Å². The highest BCUT2D eigenvalue weighted by Crippen LogP contribution is 2.58. The molecule has 0 unspecified atom stereocenters. The molecule has 0 bridgehead atoms. The number of anilines is 1. The molecule has 2 aliphatic rings. The number of hydrogen-bond acceptors (Lipinski definition) is 9. The first kappa shape index (κ1) is 18.7. The smallest absolute Gasteiger partial charge is 0.385 e. The lowest BCUT2D eigenvalue weighted by Gasteiger charge is -2.24. The van der Waals surface area contributed by atoms with Gasteiger partial charge in [-0.05, 0) is 12.8 Å². The van der Waals surface area contributed by atoms with Crippen LogP contribution in [-0.4, -0.2) is 49.4 Å². The van der Waals surface area contributed by atoms with Gasteiger partial charge in [-0.3, -0.25) is 4.57 Å². The van der Waals surface area contributed by atoms with Crippen molar-refractivity contribution in [2.24, 2.45) is 0 Å². The molecule has 2 saturated heterocycles. The minimum absolute atomic E-state index is 0.153. The molecule has 2 fully saturated rings. The summed E-state index contributed by atoms with van der Waals surface area (Å²) in [6.45, 7) is 1.93. The second kappa shape index (κ2) is 7.24. The summed E-state index contributed by atoms with van der Waals surface area (Å²) in [7, 11) is -3.97. The molecule has 3 rings (SSSR count). The van der Waals surface area contributed by atoms with Crippen LogP contribution < -0.4 is 11.4 Å². The van der Waals surface area contributed by atoms with E-state index >= 15 is 0 Å². The maximum absolute atomic E-state index is 12.2. The summed E-state index contributed by atoms with van der Waals surface area (Å²) < 4.78 is 16.6. The first-order valence-corrected chi connectivity index (χ1v) is 9.74. The lowest BCUT2D eigenvalue weighted by molar-refractivity contribution is -0.0763. The number of nitrogen functional groups attached to an aromatic ring is 1. The van der Waals surface area contributed by atoms with Crippen molar-refractivity contribution in [2.75, 3.05) is 12.3 Å². The van der Waals surface area contributed by atoms with E-state index in [9.17, 15) is 19.7 Å². The van der Waals surface area contributed by atoms with E-state index in [-0.39, 0.29) is 12.4 Å². The van der Waals surface area contributed by atoms with Crippen LogP contribution in [0.2, 0.25) is 0 Å². The maximum Gasteiger partial charge on any atom is 0.570 e. The number of aliphatic hydroxyl groups is 1. The number of fused-ring (bicyclic) bond motifs is 1. The average Bonchev–Trinajstić information content (AvgIpc) is 2.85. The van der Waals surface area contributed by atoms with E-state index in [0.717, 1.165) is 19.3 Å². The van der Waals surface area contributed by atoms with E-state index in [2.05, 4.69) is 11.9 Å². The molecule has 1 aromatic heterocycles. The van der Waals surface area contributed by atoms with E-state index in [4.69, 9.17) is 19.5 Å². The third-order valence-corrected chi connectivity index (χ3v) is 5.36. The molecule has 140 valence electrons. The number of aromatic nitrogens is 2. The molecule has 0 radical (unpaired) electrons. The standard InChI is InChI=1S/C14H22N3O7P/c1-2-3-4-5-8-6-17(14(19)16-12(8)15)13-10(18)11-9(23-13)7-22-25(20,21)24-11/h6,9-11,13,18,20-21H,2-5,7H2,1H3,(H-,15,16,19)/p+1/t9-,10-,11-,13-/m1/s1. The highest BCUT2D eigenvalue weighted by molar-refractivity contribution is 7.54. The molecule has 11 heteroatoms. The van der Waals surface area contributed by atoms with Gasteiger partial charge in [-0.15, -0.1) is 4.52 Å². The fraction of sp³-hybridized carbons (Fsp3) is 0.714. The molecule has 0 aromatic carbocycles. The third-order valence-electron chi connectivity index (χ3n) is 4.36. The van der Waals surface area contributed by atoms with Crippen LogP contribution >= 0.6 is 8.17 Å². The van der Waals surface area contributed by atoms with Crippen molar-refractivity contribution in [3.63, 3.8) is 0 Å². The monoisotopic (exact) mass is 376 g/mol. The number of rotatable bonds is 5. The Morgan fingerprint density at radius 3 is 2.92 bits per heavy atom. The molecule has 3 heterocycles. The highest BCUT2D eigenvalue weighted by Gasteiger charge is 2.59. The average molecular weight is 376 g/mol. The summed E-state index contributed by atoms with van der Waals surface area (Å²) in [5, 5.41) is 10.4. The predicted molar refractivity (Wildman–Crippen MR) is 88.2 cm³/mol. The number of nitrogens with two attached hydrogens (primary N) is 1. The van der Waals surface area contributed by atoms with Crippen molar-refractivity contribution >= 4 is 14.0 Å². The fourth-order valence-corrected chi connectivity index (χ4v) is 4.01. The molecule has 4 atom stereocenters. The molecule has 25 heavy (non-hydrogen) atoms. The number of unbranched alkanes of at least 4 members (excludes halogenated alkanes) is 2. The molecule has 5 N–H and O–H groups in total. The van der Waals surface area contributed by atoms with Crippen LogP contribution in [0.3, 0.4) is 0 Å². The lowest BCUT2D eigenvalue weighted by Crippen LogP contribution is -2.41. The minimum Gasteiger partial charge on any atom is -0.385 e. The fourth-order valence-electron chi connectivity index (χ4n) is 3.04. The Hall–Kier alpha value is -1.13. The summed E-state index contributed by atoms with van der Waals surface area (Å²) >= 11 is 0. The van der Waals surface area contributed by atoms with Gasteiger partial charge in [-0.25, -0.2) is 4.79 Å². The molecule has 1 aromatic rings. The Morgan fingerprint density at radius 1 is 1.44 bits per heavy atom. The van der Waals surface area contributed by atoms with Gasteiger partial charge in [0.25, 0.3) is 0 Å². The summed E-state index contributed by atoms with van der Waals surface area (Å²) in [5.41, 5.74) is 5.86. The van der Waals surface area contributed by atoms with Crippen LogP contribution in [0.1, 0.15) is 38.0 Å². The molecule has 0 saturated carbocycles. The van der Waals surface area contributed by atoms with Crippen LogP contribution in [0.15, 0.2) is 11.0 Å². The van der Waals surface area contributed by atoms with Crippen molar-refractivity contribution in [3.05, 3.63) is 22.2 Å². The SMILES string of the molecule is CCCCCc1cn([C@@H]2O[C@@H]3CO[P+](O)(O)O[C@H]3[C@H]2O)c(=O)nc1N. The van der Waals surface area contributed by atoms with Crippen molar-refractivity contribution in [1.82, 2.24) is 9.55 Å². The minimum atomic E-state index is -3.97. The predicted octanol–water partition coefficient (Wildman–Crippen LogP) is -0.106. The Morgan fingerprint density at radius 2 is 2.20 bits per heavy atom. The summed E-state index contributed by atoms with van der Waals surface area (Å²) in [4.78, 5) is 35.0. The zero-order valence-electron chi connectivity index (χ0n) is 13.8. The topological polar surface area (TPSA) is 149 Å². The van der Waals surface area contributed by atoms with Gasteiger partial charge < -0.3 is 15.6 Å². The first-order valence-electron chi connectivity index (χ1n) is 8.21. The van der Waals surface area contributed by atoms with Gasteiger partial charge >= 0.3 is 13.9 Å². The van der Waals surface area contributed by atoms with E-state index in [1.165, 1.54) is 10.8 Å². The zero-order valence-corrected chi connectivity index (χ0v) is 14.7. The van der Waals surface area contributed by atoms with Crippen LogP contribution in [0, 0.1) is 0 Å². The second-order valence-electron chi connectivity index (χ2n) is 6.21. The Balaban J connectivity index is 1.84. The van der Waals surface area contributed by atoms with Crippen LogP contribution in [0.25, 0.3) is 0 Å². The second-order valence-corrected chi connectivity index (χ2v) is 7.66. The van der Waals surface area contributed by atoms with Gasteiger partial charge in [-0.2, -0.15) is 19.3 Å². The van der Waals surface area contributed by atoms with Crippen molar-refractivity contribution < 1.29 is 28.7 Å².